The number of rotatable bonds is 6. The number of nitrogens with zero attached hydrogens (tertiary/aromatic N) is 5. The van der Waals surface area contributed by atoms with Gasteiger partial charge in [0.2, 0.25) is 11.8 Å². The lowest BCUT2D eigenvalue weighted by Crippen LogP contribution is -2.49. The summed E-state index contributed by atoms with van der Waals surface area (Å²) in [4.78, 5) is 46.4. The molecule has 3 aliphatic rings. The molecule has 0 atom stereocenters. The number of carbonyl (C=O) groups is 3. The Morgan fingerprint density at radius 1 is 0.974 bits per heavy atom. The maximum Gasteiger partial charge on any atom is 0.328 e. The minimum atomic E-state index is -0.448. The number of nitrogens with one attached hydrogen (secondary N) is 1. The van der Waals surface area contributed by atoms with Crippen LogP contribution in [-0.2, 0) is 4.79 Å². The van der Waals surface area contributed by atoms with Crippen molar-refractivity contribution >= 4 is 40.3 Å². The molecule has 5 heterocycles. The van der Waals surface area contributed by atoms with Crippen molar-refractivity contribution in [2.75, 3.05) is 49.1 Å². The molecule has 39 heavy (non-hydrogen) atoms. The highest BCUT2D eigenvalue weighted by molar-refractivity contribution is 6.09. The summed E-state index contributed by atoms with van der Waals surface area (Å²) in [5, 5.41) is 3.48. The number of imide groups is 1. The first kappa shape index (κ1) is 25.4. The number of urea groups is 1. The monoisotopic (exact) mass is 529 g/mol. The van der Waals surface area contributed by atoms with E-state index in [1.807, 2.05) is 18.2 Å². The number of hydrogen-bond donors (Lipinski definition) is 2. The summed E-state index contributed by atoms with van der Waals surface area (Å²) in [6.07, 6.45) is 8.51. The van der Waals surface area contributed by atoms with Gasteiger partial charge in [-0.25, -0.2) is 9.78 Å². The van der Waals surface area contributed by atoms with E-state index in [0.29, 0.717) is 30.5 Å². The van der Waals surface area contributed by atoms with Crippen LogP contribution in [0.1, 0.15) is 48.5 Å². The average molecular weight is 530 g/mol. The number of aromatic nitrogens is 2. The Kier molecular flexibility index (Phi) is 6.95. The summed E-state index contributed by atoms with van der Waals surface area (Å²) < 4.78 is 2.37. The maximum absolute atomic E-state index is 12.4. The topological polar surface area (TPSA) is 117 Å². The summed E-state index contributed by atoms with van der Waals surface area (Å²) in [5.74, 6) is 0.930. The Bertz CT molecular complexity index is 1370. The van der Waals surface area contributed by atoms with E-state index in [2.05, 4.69) is 43.0 Å². The summed E-state index contributed by atoms with van der Waals surface area (Å²) >= 11 is 0. The fourth-order valence-corrected chi connectivity index (χ4v) is 6.33. The fourth-order valence-electron chi connectivity index (χ4n) is 6.33. The van der Waals surface area contributed by atoms with Gasteiger partial charge in [-0.2, -0.15) is 0 Å². The van der Waals surface area contributed by atoms with Gasteiger partial charge in [0.1, 0.15) is 5.82 Å². The number of hydrogen-bond acceptors (Lipinski definition) is 6. The fraction of sp³-hybridized carbons (Fsp3) is 0.448. The van der Waals surface area contributed by atoms with Gasteiger partial charge in [0, 0.05) is 69.5 Å². The molecule has 3 aromatic rings. The van der Waals surface area contributed by atoms with Crippen LogP contribution in [0.5, 0.6) is 0 Å². The number of primary amides is 1. The van der Waals surface area contributed by atoms with Crippen LogP contribution in [0.15, 0.2) is 48.8 Å². The molecule has 3 aliphatic heterocycles. The van der Waals surface area contributed by atoms with Gasteiger partial charge in [0.15, 0.2) is 0 Å². The van der Waals surface area contributed by atoms with Crippen molar-refractivity contribution in [3.05, 3.63) is 54.4 Å². The summed E-state index contributed by atoms with van der Waals surface area (Å²) in [6, 6.07) is 11.9. The van der Waals surface area contributed by atoms with Gasteiger partial charge in [0.25, 0.3) is 0 Å². The molecule has 0 bridgehead atoms. The minimum absolute atomic E-state index is 0.216. The number of nitrogens with two attached hydrogens (primary N) is 1. The number of piperidine rings is 2. The molecule has 3 saturated heterocycles. The van der Waals surface area contributed by atoms with Gasteiger partial charge in [-0.05, 0) is 61.9 Å². The first-order chi connectivity index (χ1) is 19.0. The van der Waals surface area contributed by atoms with Gasteiger partial charge >= 0.3 is 6.03 Å². The number of likely N-dealkylation sites (tertiary alicyclic amines) is 1. The highest BCUT2D eigenvalue weighted by Crippen LogP contribution is 2.34. The molecule has 0 radical (unpaired) electrons. The van der Waals surface area contributed by atoms with E-state index in [1.54, 1.807) is 17.2 Å². The zero-order valence-corrected chi connectivity index (χ0v) is 22.1. The molecule has 6 rings (SSSR count). The number of benzene rings is 1. The van der Waals surface area contributed by atoms with Gasteiger partial charge in [-0.15, -0.1) is 0 Å². The highest BCUT2D eigenvalue weighted by Gasteiger charge is 2.28. The van der Waals surface area contributed by atoms with E-state index >= 15 is 0 Å². The summed E-state index contributed by atoms with van der Waals surface area (Å²) in [5.41, 5.74) is 7.77. The lowest BCUT2D eigenvalue weighted by atomic mass is 9.94. The van der Waals surface area contributed by atoms with E-state index in [-0.39, 0.29) is 11.9 Å². The van der Waals surface area contributed by atoms with E-state index in [0.717, 1.165) is 80.8 Å². The molecule has 0 unspecified atom stereocenters. The van der Waals surface area contributed by atoms with Gasteiger partial charge in [-0.3, -0.25) is 19.8 Å². The summed E-state index contributed by atoms with van der Waals surface area (Å²) in [6.45, 7) is 5.66. The standard InChI is InChI=1S/C29H35N7O3/c30-28(38)21-4-5-26(31-18-21)34-14-6-20(7-15-34)19-33-12-8-22(9-13-33)35-16-10-23-24(35)2-1-3-25(23)36-17-11-27(37)32-29(36)39/h1-5,10,16,18,20,22H,6-9,11-15,17,19H2,(H2,30,38)(H,32,37,39). The molecule has 0 saturated carbocycles. The van der Waals surface area contributed by atoms with Gasteiger partial charge in [0.05, 0.1) is 16.8 Å². The third-order valence-corrected chi connectivity index (χ3v) is 8.52. The van der Waals surface area contributed by atoms with Crippen molar-refractivity contribution in [1.82, 2.24) is 19.8 Å². The number of fused-ring (bicyclic) bond motifs is 1. The molecule has 10 heteroatoms. The van der Waals surface area contributed by atoms with Crippen LogP contribution < -0.4 is 20.9 Å². The molecular weight excluding hydrogens is 494 g/mol. The second-order valence-electron chi connectivity index (χ2n) is 10.9. The molecule has 4 amide bonds. The third-order valence-electron chi connectivity index (χ3n) is 8.52. The van der Waals surface area contributed by atoms with Crippen molar-refractivity contribution in [2.24, 2.45) is 11.7 Å². The first-order valence-electron chi connectivity index (χ1n) is 13.9. The van der Waals surface area contributed by atoms with Gasteiger partial charge < -0.3 is 20.1 Å². The van der Waals surface area contributed by atoms with E-state index in [4.69, 9.17) is 5.73 Å². The smallest absolute Gasteiger partial charge is 0.328 e. The van der Waals surface area contributed by atoms with Crippen LogP contribution in [-0.4, -0.2) is 71.6 Å². The number of carbonyl (C=O) groups excluding carboxylic acids is 3. The van der Waals surface area contributed by atoms with Crippen LogP contribution in [0.2, 0.25) is 0 Å². The van der Waals surface area contributed by atoms with Crippen molar-refractivity contribution in [3.63, 3.8) is 0 Å². The largest absolute Gasteiger partial charge is 0.366 e. The van der Waals surface area contributed by atoms with Crippen LogP contribution in [0, 0.1) is 5.92 Å². The molecule has 0 aliphatic carbocycles. The van der Waals surface area contributed by atoms with Crippen molar-refractivity contribution in [2.45, 2.75) is 38.1 Å². The van der Waals surface area contributed by atoms with Crippen molar-refractivity contribution < 1.29 is 14.4 Å². The van der Waals surface area contributed by atoms with Crippen LogP contribution in [0.4, 0.5) is 16.3 Å². The second-order valence-corrected chi connectivity index (χ2v) is 10.9. The lowest BCUT2D eigenvalue weighted by Gasteiger charge is -2.38. The van der Waals surface area contributed by atoms with Crippen molar-refractivity contribution in [1.29, 1.82) is 0 Å². The molecular formula is C29H35N7O3. The van der Waals surface area contributed by atoms with Crippen LogP contribution in [0.3, 0.4) is 0 Å². The second kappa shape index (κ2) is 10.7. The summed E-state index contributed by atoms with van der Waals surface area (Å²) in [7, 11) is 0. The Balaban J connectivity index is 1.03. The molecule has 1 aromatic carbocycles. The number of anilines is 2. The quantitative estimate of drug-likeness (QED) is 0.507. The number of amides is 4. The van der Waals surface area contributed by atoms with E-state index in [1.165, 1.54) is 0 Å². The van der Waals surface area contributed by atoms with Crippen LogP contribution >= 0.6 is 0 Å². The molecule has 10 nitrogen and oxygen atoms in total. The predicted molar refractivity (Wildman–Crippen MR) is 150 cm³/mol. The maximum atomic E-state index is 12.4. The first-order valence-corrected chi connectivity index (χ1v) is 13.9. The Hall–Kier alpha value is -3.92. The molecule has 0 spiro atoms. The van der Waals surface area contributed by atoms with Gasteiger partial charge in [-0.1, -0.05) is 6.07 Å². The van der Waals surface area contributed by atoms with Crippen LogP contribution in [0.25, 0.3) is 10.9 Å². The van der Waals surface area contributed by atoms with E-state index in [9.17, 15) is 14.4 Å². The zero-order valence-electron chi connectivity index (χ0n) is 22.1. The number of pyridine rings is 1. The van der Waals surface area contributed by atoms with E-state index < -0.39 is 5.91 Å². The van der Waals surface area contributed by atoms with Crippen molar-refractivity contribution in [3.8, 4) is 0 Å². The average Bonchev–Trinajstić information content (AvgIpc) is 3.39. The predicted octanol–water partition coefficient (Wildman–Crippen LogP) is 3.14. The normalized spacial score (nSPS) is 20.0. The minimum Gasteiger partial charge on any atom is -0.366 e. The molecule has 204 valence electrons. The molecule has 3 N–H and O–H groups in total. The Labute approximate surface area is 227 Å². The molecule has 3 fully saturated rings. The lowest BCUT2D eigenvalue weighted by molar-refractivity contribution is -0.120. The zero-order chi connectivity index (χ0) is 26.9. The molecule has 2 aromatic heterocycles. The Morgan fingerprint density at radius 2 is 1.77 bits per heavy atom. The SMILES string of the molecule is NC(=O)c1ccc(N2CCC(CN3CCC(n4ccc5c(N6CCC(=O)NC6=O)cccc54)CC3)CC2)nc1. The highest BCUT2D eigenvalue weighted by atomic mass is 16.2. The third kappa shape index (κ3) is 5.21. The Morgan fingerprint density at radius 3 is 2.46 bits per heavy atom.